The fourth-order valence-electron chi connectivity index (χ4n) is 3.50. The predicted octanol–water partition coefficient (Wildman–Crippen LogP) is 3.10. The minimum atomic E-state index is -0.590. The quantitative estimate of drug-likeness (QED) is 0.287. The lowest BCUT2D eigenvalue weighted by Gasteiger charge is -2.03. The van der Waals surface area contributed by atoms with Crippen molar-refractivity contribution in [1.82, 2.24) is 30.8 Å². The molecule has 5 aromatic rings. The second-order valence-corrected chi connectivity index (χ2v) is 7.52. The van der Waals surface area contributed by atoms with E-state index in [0.29, 0.717) is 0 Å². The van der Waals surface area contributed by atoms with Crippen LogP contribution < -0.4 is 10.9 Å². The molecule has 0 aliphatic heterocycles. The number of amides is 2. The van der Waals surface area contributed by atoms with E-state index < -0.39 is 11.8 Å². The van der Waals surface area contributed by atoms with Crippen molar-refractivity contribution in [2.75, 3.05) is 0 Å². The monoisotopic (exact) mass is 474 g/mol. The molecule has 2 amide bonds. The van der Waals surface area contributed by atoms with Crippen LogP contribution in [-0.4, -0.2) is 44.2 Å². The van der Waals surface area contributed by atoms with E-state index in [9.17, 15) is 9.59 Å². The van der Waals surface area contributed by atoms with Crippen LogP contribution in [0.1, 0.15) is 32.1 Å². The molecule has 2 aromatic carbocycles. The van der Waals surface area contributed by atoms with Crippen molar-refractivity contribution in [1.29, 1.82) is 0 Å². The summed E-state index contributed by atoms with van der Waals surface area (Å²) in [5, 5.41) is 9.82. The Bertz CT molecular complexity index is 1520. The summed E-state index contributed by atoms with van der Waals surface area (Å²) < 4.78 is 0. The van der Waals surface area contributed by atoms with Crippen LogP contribution in [0, 0.1) is 0 Å². The van der Waals surface area contributed by atoms with E-state index in [1.165, 1.54) is 18.5 Å². The molecule has 10 heteroatoms. The standard InChI is InChI=1S/C26H18N8O2/c35-25(33-31-14-17-9-11-27-21-7-3-1-5-19(17)21)23-13-24(30-16-29-23)26(36)34-32-15-18-10-12-28-22-8-4-2-6-20(18)22/h1-16H,(H,33,35)(H,34,36)/b31-14-,32-15+. The Kier molecular flexibility index (Phi) is 6.39. The topological polar surface area (TPSA) is 134 Å². The van der Waals surface area contributed by atoms with Crippen molar-refractivity contribution in [2.24, 2.45) is 10.2 Å². The number of pyridine rings is 2. The first-order valence-corrected chi connectivity index (χ1v) is 10.9. The summed E-state index contributed by atoms with van der Waals surface area (Å²) in [6.07, 6.45) is 7.51. The molecular formula is C26H18N8O2. The molecule has 2 N–H and O–H groups in total. The van der Waals surface area contributed by atoms with Crippen LogP contribution in [0.15, 0.2) is 95.7 Å². The molecule has 0 saturated heterocycles. The number of carbonyl (C=O) groups excluding carboxylic acids is 2. The van der Waals surface area contributed by atoms with E-state index in [0.717, 1.165) is 39.3 Å². The van der Waals surface area contributed by atoms with Gasteiger partial charge in [0.15, 0.2) is 0 Å². The fourth-order valence-corrected chi connectivity index (χ4v) is 3.50. The van der Waals surface area contributed by atoms with E-state index in [2.05, 4.69) is 41.0 Å². The van der Waals surface area contributed by atoms with Gasteiger partial charge in [-0.05, 0) is 24.3 Å². The van der Waals surface area contributed by atoms with Crippen LogP contribution in [0.25, 0.3) is 21.8 Å². The van der Waals surface area contributed by atoms with Crippen LogP contribution in [0.4, 0.5) is 0 Å². The van der Waals surface area contributed by atoms with Gasteiger partial charge in [-0.3, -0.25) is 19.6 Å². The Balaban J connectivity index is 1.24. The predicted molar refractivity (Wildman–Crippen MR) is 136 cm³/mol. The number of fused-ring (bicyclic) bond motifs is 2. The van der Waals surface area contributed by atoms with Crippen molar-refractivity contribution >= 4 is 46.0 Å². The molecule has 174 valence electrons. The molecule has 0 saturated carbocycles. The lowest BCUT2D eigenvalue weighted by Crippen LogP contribution is -2.23. The van der Waals surface area contributed by atoms with E-state index in [1.54, 1.807) is 24.5 Å². The number of nitrogens with one attached hydrogen (secondary N) is 2. The zero-order valence-electron chi connectivity index (χ0n) is 18.7. The van der Waals surface area contributed by atoms with Gasteiger partial charge in [0.25, 0.3) is 11.8 Å². The van der Waals surface area contributed by atoms with Crippen molar-refractivity contribution in [2.45, 2.75) is 0 Å². The first kappa shape index (κ1) is 22.4. The molecule has 36 heavy (non-hydrogen) atoms. The number of hydrazone groups is 2. The van der Waals surface area contributed by atoms with Crippen LogP contribution in [0.3, 0.4) is 0 Å². The molecule has 5 rings (SSSR count). The maximum atomic E-state index is 12.5. The third kappa shape index (κ3) is 4.92. The lowest BCUT2D eigenvalue weighted by atomic mass is 10.1. The molecular weight excluding hydrogens is 456 g/mol. The van der Waals surface area contributed by atoms with Gasteiger partial charge >= 0.3 is 0 Å². The third-order valence-electron chi connectivity index (χ3n) is 5.24. The second-order valence-electron chi connectivity index (χ2n) is 7.52. The van der Waals surface area contributed by atoms with Crippen molar-refractivity contribution < 1.29 is 9.59 Å². The van der Waals surface area contributed by atoms with Crippen molar-refractivity contribution in [3.8, 4) is 0 Å². The molecule has 0 unspecified atom stereocenters. The molecule has 0 aliphatic rings. The summed E-state index contributed by atoms with van der Waals surface area (Å²) in [5.41, 5.74) is 8.02. The van der Waals surface area contributed by atoms with E-state index in [4.69, 9.17) is 0 Å². The maximum absolute atomic E-state index is 12.5. The molecule has 3 heterocycles. The highest BCUT2D eigenvalue weighted by Crippen LogP contribution is 2.15. The lowest BCUT2D eigenvalue weighted by molar-refractivity contribution is 0.0948. The van der Waals surface area contributed by atoms with Crippen LogP contribution in [0.5, 0.6) is 0 Å². The molecule has 0 atom stereocenters. The van der Waals surface area contributed by atoms with Gasteiger partial charge in [0.2, 0.25) is 0 Å². The summed E-state index contributed by atoms with van der Waals surface area (Å²) in [6.45, 7) is 0. The second kappa shape index (κ2) is 10.3. The highest BCUT2D eigenvalue weighted by Gasteiger charge is 2.12. The average molecular weight is 474 g/mol. The van der Waals surface area contributed by atoms with Gasteiger partial charge in [-0.1, -0.05) is 36.4 Å². The number of carbonyl (C=O) groups is 2. The number of rotatable bonds is 6. The maximum Gasteiger partial charge on any atom is 0.290 e. The van der Waals surface area contributed by atoms with Crippen molar-refractivity contribution in [3.05, 3.63) is 108 Å². The Morgan fingerprint density at radius 2 is 1.11 bits per heavy atom. The number of aromatic nitrogens is 4. The van der Waals surface area contributed by atoms with Gasteiger partial charge in [0.05, 0.1) is 23.5 Å². The zero-order valence-corrected chi connectivity index (χ0v) is 18.7. The molecule has 0 fully saturated rings. The van der Waals surface area contributed by atoms with Crippen LogP contribution >= 0.6 is 0 Å². The normalized spacial score (nSPS) is 11.3. The highest BCUT2D eigenvalue weighted by atomic mass is 16.2. The summed E-state index contributed by atoms with van der Waals surface area (Å²) >= 11 is 0. The molecule has 10 nitrogen and oxygen atoms in total. The number of benzene rings is 2. The molecule has 3 aromatic heterocycles. The Morgan fingerprint density at radius 1 is 0.639 bits per heavy atom. The van der Waals surface area contributed by atoms with Crippen LogP contribution in [0.2, 0.25) is 0 Å². The van der Waals surface area contributed by atoms with E-state index in [1.807, 2.05) is 48.5 Å². The number of para-hydroxylation sites is 2. The number of nitrogens with zero attached hydrogens (tertiary/aromatic N) is 6. The Hall–Kier alpha value is -5.38. The Labute approximate surface area is 204 Å². The summed E-state index contributed by atoms with van der Waals surface area (Å²) in [6, 6.07) is 20.1. The molecule has 0 bridgehead atoms. The van der Waals surface area contributed by atoms with E-state index >= 15 is 0 Å². The van der Waals surface area contributed by atoms with E-state index in [-0.39, 0.29) is 11.4 Å². The van der Waals surface area contributed by atoms with Gasteiger partial charge in [0.1, 0.15) is 17.7 Å². The van der Waals surface area contributed by atoms with Gasteiger partial charge in [-0.25, -0.2) is 20.8 Å². The van der Waals surface area contributed by atoms with Gasteiger partial charge < -0.3 is 0 Å². The minimum absolute atomic E-state index is 0.0176. The summed E-state index contributed by atoms with van der Waals surface area (Å²) in [5.74, 6) is -1.18. The van der Waals surface area contributed by atoms with Crippen LogP contribution in [-0.2, 0) is 0 Å². The smallest absolute Gasteiger partial charge is 0.266 e. The van der Waals surface area contributed by atoms with Gasteiger partial charge in [-0.15, -0.1) is 0 Å². The largest absolute Gasteiger partial charge is 0.290 e. The third-order valence-corrected chi connectivity index (χ3v) is 5.24. The molecule has 0 aliphatic carbocycles. The van der Waals surface area contributed by atoms with Gasteiger partial charge in [-0.2, -0.15) is 10.2 Å². The number of hydrogen-bond donors (Lipinski definition) is 2. The molecule has 0 spiro atoms. The van der Waals surface area contributed by atoms with Crippen molar-refractivity contribution in [3.63, 3.8) is 0 Å². The minimum Gasteiger partial charge on any atom is -0.266 e. The first-order chi connectivity index (χ1) is 17.7. The summed E-state index contributed by atoms with van der Waals surface area (Å²) in [7, 11) is 0. The molecule has 0 radical (unpaired) electrons. The number of hydrogen-bond acceptors (Lipinski definition) is 8. The van der Waals surface area contributed by atoms with Gasteiger partial charge in [0, 0.05) is 40.4 Å². The Morgan fingerprint density at radius 3 is 1.61 bits per heavy atom. The average Bonchev–Trinajstić information content (AvgIpc) is 2.93. The SMILES string of the molecule is O=C(N/N=C\c1ccnc2ccccc12)c1cc(C(=O)N/N=C/c2ccnc3ccccc23)ncn1. The first-order valence-electron chi connectivity index (χ1n) is 10.9. The highest BCUT2D eigenvalue weighted by molar-refractivity contribution is 6.01. The summed E-state index contributed by atoms with van der Waals surface area (Å²) in [4.78, 5) is 41.4. The zero-order chi connectivity index (χ0) is 24.7. The fraction of sp³-hybridized carbons (Fsp3) is 0.